The van der Waals surface area contributed by atoms with Gasteiger partial charge in [-0.1, -0.05) is 89.9 Å². The van der Waals surface area contributed by atoms with Gasteiger partial charge in [0.2, 0.25) is 41.2 Å². The smallest absolute Gasteiger partial charge is 0.306 e. The van der Waals surface area contributed by atoms with E-state index in [2.05, 4.69) is 31.9 Å². The maximum Gasteiger partial charge on any atom is 0.306 e. The topological polar surface area (TPSA) is 302 Å². The highest BCUT2D eigenvalue weighted by Gasteiger charge is 2.76. The maximum absolute atomic E-state index is 14.6. The lowest BCUT2D eigenvalue weighted by atomic mass is 9.45. The molecule has 3 saturated carbocycles. The number of hydrogen-bond acceptors (Lipinski definition) is 14. The minimum Gasteiger partial charge on any atom is -0.481 e. The Kier molecular flexibility index (Phi) is 21.8. The van der Waals surface area contributed by atoms with Gasteiger partial charge in [0, 0.05) is 42.6 Å². The zero-order chi connectivity index (χ0) is 56.0. The number of halogens is 1. The van der Waals surface area contributed by atoms with Gasteiger partial charge >= 0.3 is 11.9 Å². The first-order valence-corrected chi connectivity index (χ1v) is 27.4. The third-order valence-corrected chi connectivity index (χ3v) is 17.7. The summed E-state index contributed by atoms with van der Waals surface area (Å²) in [7, 11) is 0. The number of aliphatic hydroxyl groups excluding tert-OH is 1. The molecule has 3 fully saturated rings. The summed E-state index contributed by atoms with van der Waals surface area (Å²) in [5, 5.41) is 35.8. The molecule has 0 aromatic heterocycles. The van der Waals surface area contributed by atoms with Gasteiger partial charge in [-0.25, -0.2) is 0 Å². The van der Waals surface area contributed by atoms with Crippen molar-refractivity contribution in [3.8, 4) is 0 Å². The second-order valence-electron chi connectivity index (χ2n) is 20.9. The van der Waals surface area contributed by atoms with Gasteiger partial charge in [0.1, 0.15) is 19.4 Å². The van der Waals surface area contributed by atoms with Crippen LogP contribution >= 0.6 is 23.4 Å². The molecule has 5 rings (SSSR count). The van der Waals surface area contributed by atoms with E-state index in [4.69, 9.17) is 26.2 Å². The van der Waals surface area contributed by atoms with Crippen LogP contribution in [0, 0.1) is 28.6 Å². The molecule has 0 saturated heterocycles. The van der Waals surface area contributed by atoms with E-state index < -0.39 is 125 Å². The van der Waals surface area contributed by atoms with Crippen LogP contribution in [0.3, 0.4) is 0 Å². The summed E-state index contributed by atoms with van der Waals surface area (Å²) in [6.45, 7) is 8.87. The summed E-state index contributed by atoms with van der Waals surface area (Å²) in [6, 6.07) is 7.60. The highest BCUT2D eigenvalue weighted by atomic mass is 35.5. The Hall–Kier alpha value is -5.64. The highest BCUT2D eigenvalue weighted by Crippen LogP contribution is 2.72. The normalized spacial score (nSPS) is 27.0. The van der Waals surface area contributed by atoms with Crippen molar-refractivity contribution in [2.45, 2.75) is 145 Å². The Morgan fingerprint density at radius 2 is 1.53 bits per heavy atom. The average molecular weight is 1100 g/mol. The van der Waals surface area contributed by atoms with Crippen LogP contribution < -0.4 is 31.9 Å². The molecule has 0 radical (unpaired) electrons. The minimum atomic E-state index is -1.70. The number of esters is 1. The number of alkyl halides is 1. The van der Waals surface area contributed by atoms with Crippen LogP contribution in [0.4, 0.5) is 0 Å². The number of rotatable bonds is 28. The Morgan fingerprint density at radius 3 is 2.21 bits per heavy atom. The summed E-state index contributed by atoms with van der Waals surface area (Å²) in [5.74, 6) is -6.91. The number of carboxylic acids is 1. The van der Waals surface area contributed by atoms with Crippen molar-refractivity contribution in [2.24, 2.45) is 28.6 Å². The molecular formula is C54H75ClN6O14S. The van der Waals surface area contributed by atoms with Crippen molar-refractivity contribution in [1.82, 2.24) is 31.9 Å². The van der Waals surface area contributed by atoms with Crippen molar-refractivity contribution < 1.29 is 67.6 Å². The van der Waals surface area contributed by atoms with E-state index in [9.17, 15) is 53.1 Å². The van der Waals surface area contributed by atoms with Crippen molar-refractivity contribution in [3.05, 3.63) is 59.7 Å². The average Bonchev–Trinajstić information content (AvgIpc) is 3.61. The first kappa shape index (κ1) is 61.2. The zero-order valence-electron chi connectivity index (χ0n) is 44.3. The molecule has 2 unspecified atom stereocenters. The molecule has 8 N–H and O–H groups in total. The molecule has 6 amide bonds. The molecule has 0 heterocycles. The number of aliphatic carboxylic acids is 1. The number of amides is 6. The van der Waals surface area contributed by atoms with Crippen molar-refractivity contribution in [2.75, 3.05) is 39.5 Å². The summed E-state index contributed by atoms with van der Waals surface area (Å²) in [5.41, 5.74) is -2.05. The largest absolute Gasteiger partial charge is 0.481 e. The SMILES string of the molecule is CCC(=O)O[C@]1(C(=O)COCNC(=O)CNC(=O)[C@H](Cc2ccccc2)NC(=O)CNC(=O)CNC(=O)CCCCCNC(=O)C(CC(=O)O)SC(C)C)[C@@H](C)CC2[C@@H]3CCC4=CC(=O)C=C[C@]4(C)[C@@]3(Cl)[C@@H](O)C[C@@]21C. The van der Waals surface area contributed by atoms with Gasteiger partial charge in [-0.3, -0.25) is 47.9 Å². The number of carbonyl (C=O) groups excluding carboxylic acids is 9. The van der Waals surface area contributed by atoms with Crippen LogP contribution in [0.25, 0.3) is 0 Å². The van der Waals surface area contributed by atoms with Gasteiger partial charge < -0.3 is 51.6 Å². The van der Waals surface area contributed by atoms with E-state index in [-0.39, 0.29) is 60.9 Å². The summed E-state index contributed by atoms with van der Waals surface area (Å²) in [6.07, 6.45) is 6.82. The van der Waals surface area contributed by atoms with E-state index in [1.807, 2.05) is 34.6 Å². The summed E-state index contributed by atoms with van der Waals surface area (Å²) >= 11 is 8.89. The molecule has 10 atom stereocenters. The molecular weight excluding hydrogens is 1020 g/mol. The molecule has 4 aliphatic carbocycles. The minimum absolute atomic E-state index is 0.00898. The number of carbonyl (C=O) groups is 10. The third kappa shape index (κ3) is 14.5. The lowest BCUT2D eigenvalue weighted by molar-refractivity contribution is -0.203. The van der Waals surface area contributed by atoms with E-state index >= 15 is 0 Å². The number of ketones is 2. The Balaban J connectivity index is 1.07. The first-order valence-electron chi connectivity index (χ1n) is 26.1. The van der Waals surface area contributed by atoms with E-state index in [0.29, 0.717) is 50.6 Å². The number of fused-ring (bicyclic) bond motifs is 5. The van der Waals surface area contributed by atoms with Gasteiger partial charge in [0.05, 0.1) is 42.3 Å². The van der Waals surface area contributed by atoms with Crippen molar-refractivity contribution in [3.63, 3.8) is 0 Å². The lowest BCUT2D eigenvalue weighted by Gasteiger charge is -2.64. The predicted molar refractivity (Wildman–Crippen MR) is 282 cm³/mol. The molecule has 0 spiro atoms. The Morgan fingerprint density at radius 1 is 0.855 bits per heavy atom. The van der Waals surface area contributed by atoms with Gasteiger partial charge in [0.25, 0.3) is 0 Å². The fourth-order valence-electron chi connectivity index (χ4n) is 11.8. The number of carboxylic acid groups (broad SMARTS) is 1. The zero-order valence-corrected chi connectivity index (χ0v) is 45.8. The van der Waals surface area contributed by atoms with Crippen molar-refractivity contribution in [1.29, 1.82) is 0 Å². The molecule has 418 valence electrons. The molecule has 1 aromatic carbocycles. The van der Waals surface area contributed by atoms with E-state index in [0.717, 1.165) is 5.57 Å². The molecule has 4 aliphatic rings. The number of Topliss-reactive ketones (excluding diaryl/α,β-unsaturated/α-hetero) is 1. The molecule has 0 bridgehead atoms. The molecule has 22 heteroatoms. The monoisotopic (exact) mass is 1100 g/mol. The van der Waals surface area contributed by atoms with Crippen LogP contribution in [0.1, 0.15) is 111 Å². The maximum atomic E-state index is 14.6. The second kappa shape index (κ2) is 27.1. The summed E-state index contributed by atoms with van der Waals surface area (Å²) in [4.78, 5) is 127. The second-order valence-corrected chi connectivity index (χ2v) is 23.3. The fourth-order valence-corrected chi connectivity index (χ4v) is 13.4. The molecule has 1 aromatic rings. The number of benzene rings is 1. The lowest BCUT2D eigenvalue weighted by Crippen LogP contribution is -2.69. The first-order chi connectivity index (χ1) is 35.9. The number of thioether (sulfide) groups is 1. The van der Waals surface area contributed by atoms with Gasteiger partial charge in [-0.05, 0) is 73.3 Å². The number of unbranched alkanes of at least 4 members (excludes halogenated alkanes) is 2. The summed E-state index contributed by atoms with van der Waals surface area (Å²) < 4.78 is 11.9. The van der Waals surface area contributed by atoms with Gasteiger partial charge in [0.15, 0.2) is 11.4 Å². The molecule has 76 heavy (non-hydrogen) atoms. The number of allylic oxidation sites excluding steroid dienone is 4. The van der Waals surface area contributed by atoms with E-state index in [1.165, 1.54) is 17.8 Å². The molecule has 20 nitrogen and oxygen atoms in total. The number of nitrogens with one attached hydrogen (secondary N) is 6. The van der Waals surface area contributed by atoms with Gasteiger partial charge in [-0.2, -0.15) is 0 Å². The third-order valence-electron chi connectivity index (χ3n) is 15.5. The van der Waals surface area contributed by atoms with Crippen LogP contribution in [-0.2, 0) is 63.8 Å². The van der Waals surface area contributed by atoms with E-state index in [1.54, 1.807) is 49.4 Å². The van der Waals surface area contributed by atoms with Crippen molar-refractivity contribution >= 4 is 82.3 Å². The fraction of sp³-hybridized carbons (Fsp3) is 0.630. The Bertz CT molecular complexity index is 2410. The van der Waals surface area contributed by atoms with Crippen LogP contribution in [0.5, 0.6) is 0 Å². The molecule has 0 aliphatic heterocycles. The van der Waals surface area contributed by atoms with Crippen LogP contribution in [-0.4, -0.2) is 142 Å². The quantitative estimate of drug-likeness (QED) is 0.0259. The van der Waals surface area contributed by atoms with Crippen LogP contribution in [0.2, 0.25) is 0 Å². The predicted octanol–water partition coefficient (Wildman–Crippen LogP) is 2.96. The number of aliphatic hydroxyl groups is 1. The number of hydrogen-bond donors (Lipinski definition) is 8. The standard InChI is InChI=1S/C54H75ClN6O14S/c1-7-48(71)75-54(33(4)22-38-37-18-17-35-24-36(62)19-20-51(35,5)53(37,55)41(63)26-52(38,54)6)42(64)30-74-31-60-45(67)28-59-49(72)39(23-34-14-10-8-11-15-34)61-46(68)29-58-44(66)27-57-43(65)16-12-9-13-21-56-50(73)40(25-47(69)70)76-32(2)3/h8,10-11,14-15,19-20,24,32-33,37-41,63H,7,9,12-13,16-18,21-23,25-31H2,1-6H3,(H,56,73)(H,57,65)(H,58,66)(H,59,72)(H,60,67)(H,61,68)(H,69,70)/t33-,37-,38?,39-,40?,41-,51-,52-,53-,54-/m0/s1. The number of ether oxygens (including phenoxy) is 2. The van der Waals surface area contributed by atoms with Crippen LogP contribution in [0.15, 0.2) is 54.1 Å². The van der Waals surface area contributed by atoms with Gasteiger partial charge in [-0.15, -0.1) is 23.4 Å². The highest BCUT2D eigenvalue weighted by molar-refractivity contribution is 8.01. The Labute approximate surface area is 453 Å².